The molecule has 0 aromatic carbocycles. The van der Waals surface area contributed by atoms with Crippen LogP contribution in [0.5, 0.6) is 0 Å². The monoisotopic (exact) mass is 265 g/mol. The van der Waals surface area contributed by atoms with Crippen LogP contribution in [0.2, 0.25) is 0 Å². The molecule has 1 N–H and O–H groups in total. The van der Waals surface area contributed by atoms with Crippen LogP contribution in [0.3, 0.4) is 0 Å². The Morgan fingerprint density at radius 1 is 1.53 bits per heavy atom. The summed E-state index contributed by atoms with van der Waals surface area (Å²) in [4.78, 5) is 20.4. The van der Waals surface area contributed by atoms with Gasteiger partial charge in [0.15, 0.2) is 0 Å². The summed E-state index contributed by atoms with van der Waals surface area (Å²) in [6, 6.07) is 0.463. The SMILES string of the molecule is CCCN(CC1CCCN1)c1ncc([N+](=O)[O-])cn1. The fourth-order valence-electron chi connectivity index (χ4n) is 2.29. The molecule has 1 unspecified atom stereocenters. The van der Waals surface area contributed by atoms with Crippen molar-refractivity contribution < 1.29 is 4.92 Å². The summed E-state index contributed by atoms with van der Waals surface area (Å²) in [6.07, 6.45) is 5.89. The molecule has 1 aliphatic heterocycles. The third-order valence-electron chi connectivity index (χ3n) is 3.21. The van der Waals surface area contributed by atoms with E-state index in [0.717, 1.165) is 32.5 Å². The van der Waals surface area contributed by atoms with E-state index in [2.05, 4.69) is 27.1 Å². The third-order valence-corrected chi connectivity index (χ3v) is 3.21. The maximum absolute atomic E-state index is 10.6. The van der Waals surface area contributed by atoms with Crippen molar-refractivity contribution in [3.8, 4) is 0 Å². The van der Waals surface area contributed by atoms with Crippen LogP contribution in [0.25, 0.3) is 0 Å². The third kappa shape index (κ3) is 3.60. The van der Waals surface area contributed by atoms with Crippen LogP contribution in [-0.4, -0.2) is 40.6 Å². The van der Waals surface area contributed by atoms with Gasteiger partial charge in [-0.3, -0.25) is 10.1 Å². The van der Waals surface area contributed by atoms with Crippen molar-refractivity contribution in [2.24, 2.45) is 0 Å². The van der Waals surface area contributed by atoms with E-state index in [4.69, 9.17) is 0 Å². The number of hydrogen-bond donors (Lipinski definition) is 1. The van der Waals surface area contributed by atoms with Crippen molar-refractivity contribution >= 4 is 11.6 Å². The maximum atomic E-state index is 10.6. The summed E-state index contributed by atoms with van der Waals surface area (Å²) in [5.41, 5.74) is -0.0702. The lowest BCUT2D eigenvalue weighted by molar-refractivity contribution is -0.385. The van der Waals surface area contributed by atoms with Gasteiger partial charge in [0.25, 0.3) is 0 Å². The number of nitro groups is 1. The maximum Gasteiger partial charge on any atom is 0.305 e. The first-order chi connectivity index (χ1) is 9.20. The second-order valence-electron chi connectivity index (χ2n) is 4.74. The van der Waals surface area contributed by atoms with Gasteiger partial charge in [-0.25, -0.2) is 9.97 Å². The predicted octanol–water partition coefficient (Wildman–Crippen LogP) is 1.35. The Bertz CT molecular complexity index is 417. The number of aromatic nitrogens is 2. The molecule has 19 heavy (non-hydrogen) atoms. The van der Waals surface area contributed by atoms with Gasteiger partial charge >= 0.3 is 5.69 Å². The van der Waals surface area contributed by atoms with Gasteiger partial charge < -0.3 is 10.2 Å². The average Bonchev–Trinajstić information content (AvgIpc) is 2.91. The van der Waals surface area contributed by atoms with Gasteiger partial charge in [0.05, 0.1) is 4.92 Å². The number of anilines is 1. The van der Waals surface area contributed by atoms with Gasteiger partial charge in [-0.1, -0.05) is 6.92 Å². The quantitative estimate of drug-likeness (QED) is 0.617. The molecule has 2 rings (SSSR count). The molecule has 2 heterocycles. The summed E-state index contributed by atoms with van der Waals surface area (Å²) in [7, 11) is 0. The second kappa shape index (κ2) is 6.42. The van der Waals surface area contributed by atoms with E-state index in [1.54, 1.807) is 0 Å². The molecular weight excluding hydrogens is 246 g/mol. The van der Waals surface area contributed by atoms with Gasteiger partial charge in [0.2, 0.25) is 5.95 Å². The molecule has 7 nitrogen and oxygen atoms in total. The van der Waals surface area contributed by atoms with Crippen LogP contribution in [-0.2, 0) is 0 Å². The molecule has 1 aromatic heterocycles. The fourth-order valence-corrected chi connectivity index (χ4v) is 2.29. The lowest BCUT2D eigenvalue weighted by atomic mass is 10.2. The van der Waals surface area contributed by atoms with Gasteiger partial charge in [0.1, 0.15) is 12.4 Å². The van der Waals surface area contributed by atoms with Crippen molar-refractivity contribution in [3.63, 3.8) is 0 Å². The molecule has 1 fully saturated rings. The van der Waals surface area contributed by atoms with E-state index < -0.39 is 4.92 Å². The number of nitrogens with one attached hydrogen (secondary N) is 1. The molecule has 1 saturated heterocycles. The molecule has 0 amide bonds. The predicted molar refractivity (Wildman–Crippen MR) is 72.2 cm³/mol. The Morgan fingerprint density at radius 3 is 2.79 bits per heavy atom. The van der Waals surface area contributed by atoms with Gasteiger partial charge in [-0.15, -0.1) is 0 Å². The Labute approximate surface area is 112 Å². The largest absolute Gasteiger partial charge is 0.339 e. The molecule has 1 aromatic rings. The Kier molecular flexibility index (Phi) is 4.62. The van der Waals surface area contributed by atoms with Crippen molar-refractivity contribution in [2.45, 2.75) is 32.2 Å². The topological polar surface area (TPSA) is 84.2 Å². The highest BCUT2D eigenvalue weighted by Gasteiger charge is 2.19. The van der Waals surface area contributed by atoms with E-state index in [-0.39, 0.29) is 5.69 Å². The Balaban J connectivity index is 2.06. The molecule has 0 radical (unpaired) electrons. The van der Waals surface area contributed by atoms with Crippen molar-refractivity contribution in [2.75, 3.05) is 24.5 Å². The molecular formula is C12H19N5O2. The second-order valence-corrected chi connectivity index (χ2v) is 4.74. The van der Waals surface area contributed by atoms with Crippen LogP contribution in [0.1, 0.15) is 26.2 Å². The Morgan fingerprint density at radius 2 is 2.26 bits per heavy atom. The van der Waals surface area contributed by atoms with E-state index in [1.807, 2.05) is 0 Å². The standard InChI is InChI=1S/C12H19N5O2/c1-2-6-16(9-10-4-3-5-13-10)12-14-7-11(8-15-12)17(18)19/h7-8,10,13H,2-6,9H2,1H3. The van der Waals surface area contributed by atoms with Crippen LogP contribution in [0, 0.1) is 10.1 Å². The first-order valence-electron chi connectivity index (χ1n) is 6.65. The van der Waals surface area contributed by atoms with Gasteiger partial charge in [-0.05, 0) is 25.8 Å². The van der Waals surface area contributed by atoms with E-state index in [9.17, 15) is 10.1 Å². The minimum Gasteiger partial charge on any atom is -0.339 e. The first kappa shape index (κ1) is 13.7. The smallest absolute Gasteiger partial charge is 0.305 e. The number of hydrogen-bond acceptors (Lipinski definition) is 6. The number of nitrogens with zero attached hydrogens (tertiary/aromatic N) is 4. The molecule has 7 heteroatoms. The summed E-state index contributed by atoms with van der Waals surface area (Å²) in [5.74, 6) is 0.571. The zero-order valence-electron chi connectivity index (χ0n) is 11.1. The average molecular weight is 265 g/mol. The molecule has 0 saturated carbocycles. The van der Waals surface area contributed by atoms with Crippen molar-refractivity contribution in [1.82, 2.24) is 15.3 Å². The zero-order valence-corrected chi connectivity index (χ0v) is 11.1. The van der Waals surface area contributed by atoms with Crippen LogP contribution in [0.4, 0.5) is 11.6 Å². The summed E-state index contributed by atoms with van der Waals surface area (Å²) >= 11 is 0. The molecule has 1 aliphatic rings. The Hall–Kier alpha value is -1.76. The molecule has 0 spiro atoms. The number of rotatable bonds is 6. The molecule has 0 bridgehead atoms. The highest BCUT2D eigenvalue weighted by atomic mass is 16.6. The summed E-state index contributed by atoms with van der Waals surface area (Å²) in [6.45, 7) is 4.87. The molecule has 104 valence electrons. The van der Waals surface area contributed by atoms with Crippen LogP contribution < -0.4 is 10.2 Å². The summed E-state index contributed by atoms with van der Waals surface area (Å²) < 4.78 is 0. The van der Waals surface area contributed by atoms with Crippen molar-refractivity contribution in [3.05, 3.63) is 22.5 Å². The van der Waals surface area contributed by atoms with Gasteiger partial charge in [-0.2, -0.15) is 0 Å². The van der Waals surface area contributed by atoms with Crippen LogP contribution in [0.15, 0.2) is 12.4 Å². The lowest BCUT2D eigenvalue weighted by Crippen LogP contribution is -2.38. The van der Waals surface area contributed by atoms with E-state index >= 15 is 0 Å². The van der Waals surface area contributed by atoms with Crippen molar-refractivity contribution in [1.29, 1.82) is 0 Å². The fraction of sp³-hybridized carbons (Fsp3) is 0.667. The molecule has 0 aliphatic carbocycles. The van der Waals surface area contributed by atoms with E-state index in [1.165, 1.54) is 18.8 Å². The minimum absolute atomic E-state index is 0.0702. The summed E-state index contributed by atoms with van der Waals surface area (Å²) in [5, 5.41) is 14.0. The normalized spacial score (nSPS) is 18.5. The molecule has 1 atom stereocenters. The minimum atomic E-state index is -0.480. The van der Waals surface area contributed by atoms with Crippen LogP contribution >= 0.6 is 0 Å². The highest BCUT2D eigenvalue weighted by Crippen LogP contribution is 2.15. The van der Waals surface area contributed by atoms with E-state index in [0.29, 0.717) is 12.0 Å². The first-order valence-corrected chi connectivity index (χ1v) is 6.65. The highest BCUT2D eigenvalue weighted by molar-refractivity contribution is 5.34. The zero-order chi connectivity index (χ0) is 13.7. The van der Waals surface area contributed by atoms with Gasteiger partial charge in [0, 0.05) is 19.1 Å². The lowest BCUT2D eigenvalue weighted by Gasteiger charge is -2.25.